The van der Waals surface area contributed by atoms with E-state index >= 15 is 0 Å². The highest BCUT2D eigenvalue weighted by molar-refractivity contribution is 6.08. The number of carbonyl (C=O) groups excluding carboxylic acids is 2. The van der Waals surface area contributed by atoms with Gasteiger partial charge >= 0.3 is 5.97 Å². The number of methoxy groups -OCH3 is 1. The Labute approximate surface area is 244 Å². The number of fused-ring (bicyclic) bond motifs is 1. The fourth-order valence-electron chi connectivity index (χ4n) is 5.02. The molecule has 3 aromatic carbocycles. The van der Waals surface area contributed by atoms with E-state index < -0.39 is 17.3 Å². The third-order valence-electron chi connectivity index (χ3n) is 7.25. The molecule has 1 aliphatic heterocycles. The number of anilines is 2. The van der Waals surface area contributed by atoms with Gasteiger partial charge in [0.15, 0.2) is 0 Å². The molecule has 5 rings (SSSR count). The van der Waals surface area contributed by atoms with Crippen molar-refractivity contribution in [3.05, 3.63) is 95.1 Å². The highest BCUT2D eigenvalue weighted by Gasteiger charge is 2.38. The molecule has 2 heterocycles. The molecule has 0 spiro atoms. The number of rotatable bonds is 7. The number of esters is 1. The number of carbonyl (C=O) groups is 2. The van der Waals surface area contributed by atoms with Gasteiger partial charge in [0.05, 0.1) is 24.0 Å². The Bertz CT molecular complexity index is 1680. The molecule has 1 aromatic heterocycles. The zero-order valence-corrected chi connectivity index (χ0v) is 24.4. The number of aromatic nitrogens is 1. The lowest BCUT2D eigenvalue weighted by Crippen LogP contribution is -2.52. The number of nitrogens with zero attached hydrogens (tertiary/aromatic N) is 2. The molecule has 0 fully saturated rings. The summed E-state index contributed by atoms with van der Waals surface area (Å²) in [6.45, 7) is 7.37. The van der Waals surface area contributed by atoms with E-state index in [2.05, 4.69) is 10.3 Å². The molecule has 216 valence electrons. The van der Waals surface area contributed by atoms with Gasteiger partial charge < -0.3 is 24.4 Å². The first-order valence-electron chi connectivity index (χ1n) is 13.4. The minimum absolute atomic E-state index is 0.0445. The van der Waals surface area contributed by atoms with E-state index in [-0.39, 0.29) is 12.5 Å². The van der Waals surface area contributed by atoms with Gasteiger partial charge in [-0.2, -0.15) is 0 Å². The van der Waals surface area contributed by atoms with Crippen LogP contribution in [0.25, 0.3) is 11.1 Å². The summed E-state index contributed by atoms with van der Waals surface area (Å²) in [6, 6.07) is 16.7. The third-order valence-corrected chi connectivity index (χ3v) is 7.25. The van der Waals surface area contributed by atoms with Crippen molar-refractivity contribution in [2.24, 2.45) is 0 Å². The Hall–Kier alpha value is -4.92. The average molecular weight is 570 g/mol. The van der Waals surface area contributed by atoms with Crippen LogP contribution < -0.4 is 24.4 Å². The van der Waals surface area contributed by atoms with Gasteiger partial charge in [-0.3, -0.25) is 9.78 Å². The summed E-state index contributed by atoms with van der Waals surface area (Å²) in [5.41, 5.74) is 4.62. The number of halogens is 1. The lowest BCUT2D eigenvalue weighted by atomic mass is 9.91. The summed E-state index contributed by atoms with van der Waals surface area (Å²) in [7, 11) is 3.25. The molecule has 0 saturated carbocycles. The summed E-state index contributed by atoms with van der Waals surface area (Å²) < 4.78 is 31.5. The Balaban J connectivity index is 1.57. The highest BCUT2D eigenvalue weighted by Crippen LogP contribution is 2.45. The van der Waals surface area contributed by atoms with Crippen LogP contribution in [-0.4, -0.2) is 36.6 Å². The Morgan fingerprint density at radius 2 is 1.76 bits per heavy atom. The van der Waals surface area contributed by atoms with Crippen LogP contribution in [0.1, 0.15) is 41.0 Å². The van der Waals surface area contributed by atoms with Crippen LogP contribution in [0.2, 0.25) is 0 Å². The number of aryl methyl sites for hydroxylation is 2. The van der Waals surface area contributed by atoms with Gasteiger partial charge in [0.25, 0.3) is 5.91 Å². The summed E-state index contributed by atoms with van der Waals surface area (Å²) in [4.78, 5) is 31.7. The van der Waals surface area contributed by atoms with Gasteiger partial charge in [0, 0.05) is 42.2 Å². The van der Waals surface area contributed by atoms with Crippen molar-refractivity contribution in [2.75, 3.05) is 24.4 Å². The summed E-state index contributed by atoms with van der Waals surface area (Å²) >= 11 is 0. The zero-order chi connectivity index (χ0) is 30.2. The smallest absolute Gasteiger partial charge is 0.345 e. The SMILES string of the molecule is COc1cc(OC(=O)c2ccc(C)nc2)ccc1-c1ccc2c(c1COc1cc(F)ccc1C)N(C)C(=O)C(C)(C)N2. The minimum atomic E-state index is -0.809. The largest absolute Gasteiger partial charge is 0.496 e. The van der Waals surface area contributed by atoms with E-state index in [1.807, 2.05) is 39.8 Å². The summed E-state index contributed by atoms with van der Waals surface area (Å²) in [5, 5.41) is 3.33. The zero-order valence-electron chi connectivity index (χ0n) is 24.4. The number of hydrogen-bond acceptors (Lipinski definition) is 7. The molecule has 9 heteroatoms. The predicted molar refractivity (Wildman–Crippen MR) is 159 cm³/mol. The Morgan fingerprint density at radius 3 is 2.48 bits per heavy atom. The number of likely N-dealkylation sites (N-methyl/N-ethyl adjacent to an activating group) is 1. The molecule has 1 amide bonds. The molecule has 0 bridgehead atoms. The fraction of sp³-hybridized carbons (Fsp3) is 0.242. The maximum absolute atomic E-state index is 14.0. The molecule has 0 atom stereocenters. The van der Waals surface area contributed by atoms with Crippen molar-refractivity contribution in [3.8, 4) is 28.4 Å². The molecule has 0 saturated heterocycles. The third kappa shape index (κ3) is 5.50. The van der Waals surface area contributed by atoms with Gasteiger partial charge in [-0.25, -0.2) is 9.18 Å². The van der Waals surface area contributed by atoms with Crippen LogP contribution in [0.5, 0.6) is 17.2 Å². The van der Waals surface area contributed by atoms with Gasteiger partial charge in [0.2, 0.25) is 0 Å². The lowest BCUT2D eigenvalue weighted by molar-refractivity contribution is -0.121. The maximum Gasteiger partial charge on any atom is 0.345 e. The number of amides is 1. The quantitative estimate of drug-likeness (QED) is 0.201. The number of ether oxygens (including phenoxy) is 3. The predicted octanol–water partition coefficient (Wildman–Crippen LogP) is 6.48. The van der Waals surface area contributed by atoms with E-state index in [9.17, 15) is 14.0 Å². The molecule has 8 nitrogen and oxygen atoms in total. The fourth-order valence-corrected chi connectivity index (χ4v) is 5.02. The van der Waals surface area contributed by atoms with E-state index in [0.717, 1.165) is 22.5 Å². The van der Waals surface area contributed by atoms with E-state index in [1.54, 1.807) is 48.3 Å². The number of pyridine rings is 1. The Kier molecular flexibility index (Phi) is 7.60. The first-order chi connectivity index (χ1) is 20.0. The molecule has 0 aliphatic carbocycles. The van der Waals surface area contributed by atoms with Crippen molar-refractivity contribution in [2.45, 2.75) is 39.8 Å². The van der Waals surface area contributed by atoms with Crippen molar-refractivity contribution in [3.63, 3.8) is 0 Å². The van der Waals surface area contributed by atoms with E-state index in [1.165, 1.54) is 25.4 Å². The van der Waals surface area contributed by atoms with Crippen LogP contribution in [0, 0.1) is 19.7 Å². The van der Waals surface area contributed by atoms with Crippen LogP contribution in [0.3, 0.4) is 0 Å². The van der Waals surface area contributed by atoms with Crippen molar-refractivity contribution in [1.29, 1.82) is 0 Å². The van der Waals surface area contributed by atoms with Gasteiger partial charge in [-0.15, -0.1) is 0 Å². The van der Waals surface area contributed by atoms with Crippen molar-refractivity contribution in [1.82, 2.24) is 4.98 Å². The van der Waals surface area contributed by atoms with Crippen LogP contribution in [0.15, 0.2) is 66.9 Å². The number of nitrogens with one attached hydrogen (secondary N) is 1. The monoisotopic (exact) mass is 569 g/mol. The van der Waals surface area contributed by atoms with Crippen LogP contribution in [0.4, 0.5) is 15.8 Å². The average Bonchev–Trinajstić information content (AvgIpc) is 2.96. The minimum Gasteiger partial charge on any atom is -0.496 e. The summed E-state index contributed by atoms with van der Waals surface area (Å²) in [5.74, 6) is 0.0764. The molecule has 1 N–H and O–H groups in total. The highest BCUT2D eigenvalue weighted by atomic mass is 19.1. The second kappa shape index (κ2) is 11.2. The molecule has 42 heavy (non-hydrogen) atoms. The molecule has 1 aliphatic rings. The molecule has 4 aromatic rings. The van der Waals surface area contributed by atoms with Crippen LogP contribution >= 0.6 is 0 Å². The van der Waals surface area contributed by atoms with Gasteiger partial charge in [-0.1, -0.05) is 12.1 Å². The number of benzene rings is 3. The second-order valence-corrected chi connectivity index (χ2v) is 10.7. The van der Waals surface area contributed by atoms with E-state index in [0.29, 0.717) is 39.6 Å². The molecule has 0 unspecified atom stereocenters. The Morgan fingerprint density at radius 1 is 1.00 bits per heavy atom. The normalized spacial score (nSPS) is 13.7. The van der Waals surface area contributed by atoms with Crippen molar-refractivity contribution < 1.29 is 28.2 Å². The molecule has 0 radical (unpaired) electrons. The van der Waals surface area contributed by atoms with Gasteiger partial charge in [-0.05, 0) is 75.2 Å². The topological polar surface area (TPSA) is 90.0 Å². The lowest BCUT2D eigenvalue weighted by Gasteiger charge is -2.39. The first-order valence-corrected chi connectivity index (χ1v) is 13.4. The summed E-state index contributed by atoms with van der Waals surface area (Å²) in [6.07, 6.45) is 1.47. The molecular formula is C33H32FN3O5. The maximum atomic E-state index is 14.0. The van der Waals surface area contributed by atoms with Gasteiger partial charge in [0.1, 0.15) is 35.2 Å². The van der Waals surface area contributed by atoms with Crippen molar-refractivity contribution >= 4 is 23.3 Å². The second-order valence-electron chi connectivity index (χ2n) is 10.7. The van der Waals surface area contributed by atoms with Crippen LogP contribution in [-0.2, 0) is 11.4 Å². The molecular weight excluding hydrogens is 537 g/mol. The number of hydrogen-bond donors (Lipinski definition) is 1. The first kappa shape index (κ1) is 28.6. The van der Waals surface area contributed by atoms with E-state index in [4.69, 9.17) is 14.2 Å². The standard InChI is InChI=1S/C33H32FN3O5/c1-19-7-10-22(34)15-28(19)41-18-26-24(13-14-27-30(26)37(5)32(39)33(3,4)36-27)25-12-11-23(16-29(25)40-6)42-31(38)21-9-8-20(2)35-17-21/h7-17,36H,18H2,1-6H3.